The van der Waals surface area contributed by atoms with E-state index in [4.69, 9.17) is 4.74 Å². The first-order valence-corrected chi connectivity index (χ1v) is 9.92. The molecule has 134 valence electrons. The van der Waals surface area contributed by atoms with E-state index >= 15 is 0 Å². The van der Waals surface area contributed by atoms with Crippen molar-refractivity contribution >= 4 is 17.7 Å². The zero-order chi connectivity index (χ0) is 16.9. The fraction of sp³-hybridized carbons (Fsp3) is 0.941. The van der Waals surface area contributed by atoms with Crippen LogP contribution in [0.2, 0.25) is 0 Å². The number of thioether (sulfide) groups is 1. The molecule has 6 heteroatoms. The molecule has 5 nitrogen and oxygen atoms in total. The number of ether oxygens (including phenoxy) is 1. The van der Waals surface area contributed by atoms with Gasteiger partial charge in [0.05, 0.1) is 12.2 Å². The summed E-state index contributed by atoms with van der Waals surface area (Å²) >= 11 is 2.07. The van der Waals surface area contributed by atoms with Crippen LogP contribution in [0.1, 0.15) is 40.5 Å². The molecule has 2 N–H and O–H groups in total. The molecule has 0 aromatic rings. The molecule has 0 radical (unpaired) electrons. The Bertz CT molecular complexity index is 386. The van der Waals surface area contributed by atoms with Gasteiger partial charge in [0.2, 0.25) is 0 Å². The average molecular weight is 343 g/mol. The topological polar surface area (TPSA) is 48.9 Å². The van der Waals surface area contributed by atoms with E-state index in [0.717, 1.165) is 37.4 Å². The Morgan fingerprint density at radius 1 is 1.26 bits per heavy atom. The number of nitrogens with zero attached hydrogens (tertiary/aromatic N) is 2. The molecule has 23 heavy (non-hydrogen) atoms. The van der Waals surface area contributed by atoms with Gasteiger partial charge >= 0.3 is 0 Å². The molecule has 2 fully saturated rings. The zero-order valence-electron chi connectivity index (χ0n) is 15.4. The monoisotopic (exact) mass is 342 g/mol. The first-order valence-electron chi connectivity index (χ1n) is 8.87. The summed E-state index contributed by atoms with van der Waals surface area (Å²) in [5.74, 6) is 2.22. The maximum absolute atomic E-state index is 5.85. The van der Waals surface area contributed by atoms with Crippen molar-refractivity contribution in [2.24, 2.45) is 4.99 Å². The molecule has 3 unspecified atom stereocenters. The van der Waals surface area contributed by atoms with Crippen LogP contribution in [0.5, 0.6) is 0 Å². The Balaban J connectivity index is 1.79. The lowest BCUT2D eigenvalue weighted by molar-refractivity contribution is -0.0946. The minimum absolute atomic E-state index is 0.0754. The van der Waals surface area contributed by atoms with Crippen LogP contribution in [0.3, 0.4) is 0 Å². The number of guanidine groups is 1. The van der Waals surface area contributed by atoms with Crippen molar-refractivity contribution in [1.29, 1.82) is 0 Å². The lowest BCUT2D eigenvalue weighted by Crippen LogP contribution is -2.59. The largest absolute Gasteiger partial charge is 0.373 e. The molecule has 2 aliphatic heterocycles. The van der Waals surface area contributed by atoms with Gasteiger partial charge in [-0.2, -0.15) is 11.8 Å². The first-order chi connectivity index (χ1) is 10.9. The minimum Gasteiger partial charge on any atom is -0.373 e. The van der Waals surface area contributed by atoms with Crippen molar-refractivity contribution in [2.45, 2.75) is 63.5 Å². The number of rotatable bonds is 5. The van der Waals surface area contributed by atoms with Crippen LogP contribution in [0.25, 0.3) is 0 Å². The summed E-state index contributed by atoms with van der Waals surface area (Å²) in [6.07, 6.45) is 3.28. The third-order valence-corrected chi connectivity index (χ3v) is 6.11. The Labute approximate surface area is 146 Å². The molecule has 0 amide bonds. The highest BCUT2D eigenvalue weighted by Gasteiger charge is 2.33. The van der Waals surface area contributed by atoms with Gasteiger partial charge < -0.3 is 15.4 Å². The van der Waals surface area contributed by atoms with Gasteiger partial charge in [0.1, 0.15) is 0 Å². The van der Waals surface area contributed by atoms with Gasteiger partial charge in [0, 0.05) is 44.0 Å². The van der Waals surface area contributed by atoms with Gasteiger partial charge in [-0.25, -0.2) is 0 Å². The quantitative estimate of drug-likeness (QED) is 0.591. The molecule has 0 saturated carbocycles. The van der Waals surface area contributed by atoms with Crippen LogP contribution in [0, 0.1) is 0 Å². The molecule has 2 heterocycles. The molecule has 0 spiro atoms. The summed E-state index contributed by atoms with van der Waals surface area (Å²) in [5.41, 5.74) is 0.0754. The van der Waals surface area contributed by atoms with E-state index in [1.54, 1.807) is 0 Å². The van der Waals surface area contributed by atoms with Crippen molar-refractivity contribution in [3.8, 4) is 0 Å². The van der Waals surface area contributed by atoms with Crippen LogP contribution in [-0.4, -0.2) is 72.8 Å². The molecule has 2 rings (SSSR count). The molecular weight excluding hydrogens is 308 g/mol. The number of morpholine rings is 1. The Morgan fingerprint density at radius 3 is 2.52 bits per heavy atom. The molecule has 2 aliphatic rings. The van der Waals surface area contributed by atoms with Crippen LogP contribution in [-0.2, 0) is 4.74 Å². The van der Waals surface area contributed by atoms with Gasteiger partial charge in [-0.15, -0.1) is 0 Å². The molecule has 0 aliphatic carbocycles. The SMILES string of the molecule is CN=C(NCC1CCCS1)NCC(C)(C)N1CC(C)OC(C)C1. The Kier molecular flexibility index (Phi) is 7.04. The van der Waals surface area contributed by atoms with Crippen molar-refractivity contribution in [3.63, 3.8) is 0 Å². The molecule has 0 aromatic heterocycles. The van der Waals surface area contributed by atoms with Crippen molar-refractivity contribution in [1.82, 2.24) is 15.5 Å². The van der Waals surface area contributed by atoms with E-state index in [0.29, 0.717) is 12.2 Å². The highest BCUT2D eigenvalue weighted by atomic mass is 32.2. The fourth-order valence-corrected chi connectivity index (χ4v) is 4.52. The molecule has 0 aromatic carbocycles. The predicted molar refractivity (Wildman–Crippen MR) is 101 cm³/mol. The number of nitrogens with one attached hydrogen (secondary N) is 2. The number of hydrogen-bond acceptors (Lipinski definition) is 4. The predicted octanol–water partition coefficient (Wildman–Crippen LogP) is 1.93. The van der Waals surface area contributed by atoms with Gasteiger partial charge in [-0.05, 0) is 46.3 Å². The summed E-state index contributed by atoms with van der Waals surface area (Å²) in [6, 6.07) is 0. The average Bonchev–Trinajstić information content (AvgIpc) is 2.99. The van der Waals surface area contributed by atoms with Crippen molar-refractivity contribution in [3.05, 3.63) is 0 Å². The van der Waals surface area contributed by atoms with Crippen LogP contribution < -0.4 is 10.6 Å². The second-order valence-electron chi connectivity index (χ2n) is 7.42. The van der Waals surface area contributed by atoms with Crippen LogP contribution >= 0.6 is 11.8 Å². The lowest BCUT2D eigenvalue weighted by atomic mass is 10.00. The van der Waals surface area contributed by atoms with E-state index in [-0.39, 0.29) is 5.54 Å². The molecule has 2 saturated heterocycles. The molecule has 3 atom stereocenters. The third kappa shape index (κ3) is 5.84. The maximum atomic E-state index is 5.85. The maximum Gasteiger partial charge on any atom is 0.191 e. The van der Waals surface area contributed by atoms with Gasteiger partial charge in [-0.1, -0.05) is 0 Å². The molecule has 0 bridgehead atoms. The lowest BCUT2D eigenvalue weighted by Gasteiger charge is -2.45. The summed E-state index contributed by atoms with van der Waals surface area (Å²) in [5, 5.41) is 7.73. The molecular formula is C17H34N4OS. The summed E-state index contributed by atoms with van der Waals surface area (Å²) in [4.78, 5) is 6.90. The number of aliphatic imine (C=N–C) groups is 1. The first kappa shape index (κ1) is 18.9. The van der Waals surface area contributed by atoms with E-state index in [9.17, 15) is 0 Å². The van der Waals surface area contributed by atoms with Crippen molar-refractivity contribution in [2.75, 3.05) is 39.0 Å². The summed E-state index contributed by atoms with van der Waals surface area (Å²) in [7, 11) is 1.85. The van der Waals surface area contributed by atoms with Crippen molar-refractivity contribution < 1.29 is 4.74 Å². The highest BCUT2D eigenvalue weighted by Crippen LogP contribution is 2.25. The smallest absolute Gasteiger partial charge is 0.191 e. The van der Waals surface area contributed by atoms with Gasteiger partial charge in [-0.3, -0.25) is 9.89 Å². The third-order valence-electron chi connectivity index (χ3n) is 4.71. The normalized spacial score (nSPS) is 30.5. The second kappa shape index (κ2) is 8.58. The van der Waals surface area contributed by atoms with Crippen LogP contribution in [0.15, 0.2) is 4.99 Å². The highest BCUT2D eigenvalue weighted by molar-refractivity contribution is 8.00. The van der Waals surface area contributed by atoms with Crippen LogP contribution in [0.4, 0.5) is 0 Å². The Hall–Kier alpha value is -0.460. The number of hydrogen-bond donors (Lipinski definition) is 2. The zero-order valence-corrected chi connectivity index (χ0v) is 16.2. The standard InChI is InChI=1S/C17H34N4OS/c1-13-10-21(11-14(2)22-13)17(3,4)12-20-16(18-5)19-9-15-7-6-8-23-15/h13-15H,6-12H2,1-5H3,(H2,18,19,20). The van der Waals surface area contributed by atoms with E-state index in [1.165, 1.54) is 18.6 Å². The summed E-state index contributed by atoms with van der Waals surface area (Å²) in [6.45, 7) is 12.8. The van der Waals surface area contributed by atoms with E-state index in [1.807, 2.05) is 7.05 Å². The van der Waals surface area contributed by atoms with Gasteiger partial charge in [0.15, 0.2) is 5.96 Å². The Morgan fingerprint density at radius 2 is 1.96 bits per heavy atom. The van der Waals surface area contributed by atoms with E-state index in [2.05, 4.69) is 60.0 Å². The van der Waals surface area contributed by atoms with E-state index < -0.39 is 0 Å². The summed E-state index contributed by atoms with van der Waals surface area (Å²) < 4.78 is 5.85. The van der Waals surface area contributed by atoms with Gasteiger partial charge in [0.25, 0.3) is 0 Å². The fourth-order valence-electron chi connectivity index (χ4n) is 3.32. The second-order valence-corrected chi connectivity index (χ2v) is 8.82. The minimum atomic E-state index is 0.0754.